The van der Waals surface area contributed by atoms with Gasteiger partial charge in [0.05, 0.1) is 12.6 Å². The van der Waals surface area contributed by atoms with Crippen LogP contribution in [0, 0.1) is 0 Å². The van der Waals surface area contributed by atoms with Crippen molar-refractivity contribution in [2.45, 2.75) is 33.2 Å². The van der Waals surface area contributed by atoms with Crippen molar-refractivity contribution in [3.8, 4) is 16.9 Å². The van der Waals surface area contributed by atoms with Crippen LogP contribution in [-0.4, -0.2) is 12.5 Å². The maximum absolute atomic E-state index is 11.1. The first-order valence-electron chi connectivity index (χ1n) is 7.70. The predicted molar refractivity (Wildman–Crippen MR) is 89.9 cm³/mol. The molecule has 2 aromatic rings. The number of amides is 1. The summed E-state index contributed by atoms with van der Waals surface area (Å²) in [6, 6.07) is 16.4. The minimum atomic E-state index is -0.0146. The lowest BCUT2D eigenvalue weighted by atomic mass is 10.0. The van der Waals surface area contributed by atoms with E-state index >= 15 is 0 Å². The van der Waals surface area contributed by atoms with E-state index in [4.69, 9.17) is 4.74 Å². The molecule has 0 unspecified atom stereocenters. The molecule has 116 valence electrons. The summed E-state index contributed by atoms with van der Waals surface area (Å²) in [6.45, 7) is 6.36. The van der Waals surface area contributed by atoms with Gasteiger partial charge >= 0.3 is 0 Å². The van der Waals surface area contributed by atoms with E-state index in [2.05, 4.69) is 48.6 Å². The van der Waals surface area contributed by atoms with Gasteiger partial charge in [0.25, 0.3) is 0 Å². The van der Waals surface area contributed by atoms with E-state index in [9.17, 15) is 4.79 Å². The van der Waals surface area contributed by atoms with Gasteiger partial charge in [-0.3, -0.25) is 4.79 Å². The Morgan fingerprint density at radius 1 is 1.05 bits per heavy atom. The van der Waals surface area contributed by atoms with Crippen LogP contribution < -0.4 is 10.1 Å². The Morgan fingerprint density at radius 2 is 1.59 bits per heavy atom. The summed E-state index contributed by atoms with van der Waals surface area (Å²) < 4.78 is 5.59. The van der Waals surface area contributed by atoms with Crippen molar-refractivity contribution < 1.29 is 9.53 Å². The molecule has 0 aliphatic carbocycles. The number of nitrogens with one attached hydrogen (secondary N) is 1. The maximum Gasteiger partial charge on any atom is 0.217 e. The van der Waals surface area contributed by atoms with Crippen molar-refractivity contribution in [2.75, 3.05) is 6.61 Å². The monoisotopic (exact) mass is 297 g/mol. The van der Waals surface area contributed by atoms with Gasteiger partial charge in [0.1, 0.15) is 5.75 Å². The van der Waals surface area contributed by atoms with Crippen molar-refractivity contribution in [2.24, 2.45) is 0 Å². The molecule has 0 heterocycles. The van der Waals surface area contributed by atoms with Crippen LogP contribution >= 0.6 is 0 Å². The summed E-state index contributed by atoms with van der Waals surface area (Å²) in [7, 11) is 0. The molecular formula is C19H23NO2. The van der Waals surface area contributed by atoms with Gasteiger partial charge in [-0.1, -0.05) is 43.3 Å². The minimum absolute atomic E-state index is 0.0146. The molecule has 0 radical (unpaired) electrons. The van der Waals surface area contributed by atoms with Crippen molar-refractivity contribution in [3.05, 3.63) is 54.1 Å². The van der Waals surface area contributed by atoms with Gasteiger partial charge < -0.3 is 10.1 Å². The Balaban J connectivity index is 2.08. The molecule has 0 saturated carbocycles. The van der Waals surface area contributed by atoms with Gasteiger partial charge in [-0.2, -0.15) is 0 Å². The molecule has 2 aromatic carbocycles. The SMILES string of the molecule is CCCOc1ccc(-c2ccc([C@H](C)NC(C)=O)cc2)cc1. The fraction of sp³-hybridized carbons (Fsp3) is 0.316. The zero-order valence-corrected chi connectivity index (χ0v) is 13.4. The molecular weight excluding hydrogens is 274 g/mol. The third-order valence-corrected chi connectivity index (χ3v) is 3.49. The Labute approximate surface area is 132 Å². The van der Waals surface area contributed by atoms with Crippen LogP contribution in [0.4, 0.5) is 0 Å². The fourth-order valence-electron chi connectivity index (χ4n) is 2.32. The number of carbonyl (C=O) groups is 1. The van der Waals surface area contributed by atoms with E-state index in [0.29, 0.717) is 0 Å². The maximum atomic E-state index is 11.1. The Hall–Kier alpha value is -2.29. The average Bonchev–Trinajstić information content (AvgIpc) is 2.53. The van der Waals surface area contributed by atoms with Gasteiger partial charge in [0.15, 0.2) is 0 Å². The number of rotatable bonds is 6. The molecule has 0 bridgehead atoms. The smallest absolute Gasteiger partial charge is 0.217 e. The van der Waals surface area contributed by atoms with Gasteiger partial charge in [0, 0.05) is 6.92 Å². The minimum Gasteiger partial charge on any atom is -0.494 e. The van der Waals surface area contributed by atoms with E-state index in [1.54, 1.807) is 0 Å². The van der Waals surface area contributed by atoms with Gasteiger partial charge in [0.2, 0.25) is 5.91 Å². The zero-order valence-electron chi connectivity index (χ0n) is 13.4. The number of benzene rings is 2. The van der Waals surface area contributed by atoms with E-state index < -0.39 is 0 Å². The third kappa shape index (κ3) is 4.35. The standard InChI is InChI=1S/C19H23NO2/c1-4-13-22-19-11-9-18(10-12-19)17-7-5-16(6-8-17)14(2)20-15(3)21/h5-12,14H,4,13H2,1-3H3,(H,20,21)/t14-/m0/s1. The molecule has 3 heteroatoms. The van der Waals surface area contributed by atoms with Crippen molar-refractivity contribution in [1.82, 2.24) is 5.32 Å². The van der Waals surface area contributed by atoms with Crippen LogP contribution in [0.25, 0.3) is 11.1 Å². The summed E-state index contributed by atoms with van der Waals surface area (Å²) in [4.78, 5) is 11.1. The molecule has 1 atom stereocenters. The highest BCUT2D eigenvalue weighted by molar-refractivity contribution is 5.73. The second-order valence-corrected chi connectivity index (χ2v) is 5.42. The Bertz CT molecular complexity index is 602. The first kappa shape index (κ1) is 16.1. The number of carbonyl (C=O) groups excluding carboxylic acids is 1. The number of hydrogen-bond donors (Lipinski definition) is 1. The van der Waals surface area contributed by atoms with E-state index in [1.807, 2.05) is 19.1 Å². The summed E-state index contributed by atoms with van der Waals surface area (Å²) in [5, 5.41) is 2.89. The summed E-state index contributed by atoms with van der Waals surface area (Å²) >= 11 is 0. The van der Waals surface area contributed by atoms with Crippen molar-refractivity contribution in [3.63, 3.8) is 0 Å². The molecule has 22 heavy (non-hydrogen) atoms. The van der Waals surface area contributed by atoms with Crippen molar-refractivity contribution >= 4 is 5.91 Å². The molecule has 0 fully saturated rings. The van der Waals surface area contributed by atoms with E-state index in [0.717, 1.165) is 35.5 Å². The largest absolute Gasteiger partial charge is 0.494 e. The topological polar surface area (TPSA) is 38.3 Å². The summed E-state index contributed by atoms with van der Waals surface area (Å²) in [5.74, 6) is 0.890. The van der Waals surface area contributed by atoms with Gasteiger partial charge in [-0.25, -0.2) is 0 Å². The molecule has 2 rings (SSSR count). The first-order valence-corrected chi connectivity index (χ1v) is 7.70. The normalized spacial score (nSPS) is 11.8. The molecule has 1 amide bonds. The molecule has 0 aromatic heterocycles. The molecule has 0 spiro atoms. The molecule has 0 saturated heterocycles. The van der Waals surface area contributed by atoms with E-state index in [1.165, 1.54) is 6.92 Å². The number of ether oxygens (including phenoxy) is 1. The van der Waals surface area contributed by atoms with E-state index in [-0.39, 0.29) is 11.9 Å². The molecule has 0 aliphatic heterocycles. The molecule has 1 N–H and O–H groups in total. The van der Waals surface area contributed by atoms with Crippen LogP contribution in [0.1, 0.15) is 38.8 Å². The second-order valence-electron chi connectivity index (χ2n) is 5.42. The number of hydrogen-bond acceptors (Lipinski definition) is 2. The van der Waals surface area contributed by atoms with Crippen molar-refractivity contribution in [1.29, 1.82) is 0 Å². The summed E-state index contributed by atoms with van der Waals surface area (Å²) in [6.07, 6.45) is 1.01. The van der Waals surface area contributed by atoms with Crippen LogP contribution in [-0.2, 0) is 4.79 Å². The third-order valence-electron chi connectivity index (χ3n) is 3.49. The van der Waals surface area contributed by atoms with Crippen LogP contribution in [0.2, 0.25) is 0 Å². The molecule has 3 nitrogen and oxygen atoms in total. The lowest BCUT2D eigenvalue weighted by molar-refractivity contribution is -0.119. The van der Waals surface area contributed by atoms with Gasteiger partial charge in [-0.15, -0.1) is 0 Å². The Kier molecular flexibility index (Phi) is 5.59. The molecule has 0 aliphatic rings. The fourth-order valence-corrected chi connectivity index (χ4v) is 2.32. The highest BCUT2D eigenvalue weighted by Gasteiger charge is 2.06. The zero-order chi connectivity index (χ0) is 15.9. The Morgan fingerprint density at radius 3 is 2.09 bits per heavy atom. The lowest BCUT2D eigenvalue weighted by Crippen LogP contribution is -2.23. The first-order chi connectivity index (χ1) is 10.6. The summed E-state index contributed by atoms with van der Waals surface area (Å²) in [5.41, 5.74) is 3.41. The predicted octanol–water partition coefficient (Wildman–Crippen LogP) is 4.34. The van der Waals surface area contributed by atoms with Crippen LogP contribution in [0.3, 0.4) is 0 Å². The highest BCUT2D eigenvalue weighted by atomic mass is 16.5. The average molecular weight is 297 g/mol. The highest BCUT2D eigenvalue weighted by Crippen LogP contribution is 2.24. The second kappa shape index (κ2) is 7.64. The lowest BCUT2D eigenvalue weighted by Gasteiger charge is -2.13. The quantitative estimate of drug-likeness (QED) is 0.861. The van der Waals surface area contributed by atoms with Crippen LogP contribution in [0.5, 0.6) is 5.75 Å². The van der Waals surface area contributed by atoms with Gasteiger partial charge in [-0.05, 0) is 42.2 Å². The van der Waals surface area contributed by atoms with Crippen LogP contribution in [0.15, 0.2) is 48.5 Å².